The van der Waals surface area contributed by atoms with Crippen LogP contribution in [-0.4, -0.2) is 5.91 Å². The lowest BCUT2D eigenvalue weighted by Gasteiger charge is -2.40. The number of para-hydroxylation sites is 1. The van der Waals surface area contributed by atoms with Crippen molar-refractivity contribution in [3.63, 3.8) is 0 Å². The van der Waals surface area contributed by atoms with Crippen molar-refractivity contribution < 1.29 is 8.98 Å². The van der Waals surface area contributed by atoms with Crippen LogP contribution in [0.5, 0.6) is 5.75 Å². The van der Waals surface area contributed by atoms with Gasteiger partial charge in [0.2, 0.25) is 0 Å². The second-order valence-corrected chi connectivity index (χ2v) is 7.68. The van der Waals surface area contributed by atoms with Gasteiger partial charge in [0, 0.05) is 20.3 Å². The fourth-order valence-corrected chi connectivity index (χ4v) is 4.99. The first-order chi connectivity index (χ1) is 12.2. The molecule has 0 saturated carbocycles. The van der Waals surface area contributed by atoms with Crippen molar-refractivity contribution in [1.82, 2.24) is 4.72 Å². The summed E-state index contributed by atoms with van der Waals surface area (Å²) in [7, 11) is -2.29. The first kappa shape index (κ1) is 16.9. The van der Waals surface area contributed by atoms with Crippen molar-refractivity contribution in [2.75, 3.05) is 0 Å². The van der Waals surface area contributed by atoms with E-state index in [9.17, 15) is 4.79 Å². The molecule has 0 spiro atoms. The summed E-state index contributed by atoms with van der Waals surface area (Å²) in [6.07, 6.45) is 1.27. The summed E-state index contributed by atoms with van der Waals surface area (Å²) in [5, 5.41) is 0. The molecule has 0 aromatic heterocycles. The van der Waals surface area contributed by atoms with Gasteiger partial charge in [-0.3, -0.25) is 9.52 Å². The zero-order valence-corrected chi connectivity index (χ0v) is 14.5. The minimum absolute atomic E-state index is 0.279. The van der Waals surface area contributed by atoms with Crippen LogP contribution in [0, 0.1) is 0 Å². The van der Waals surface area contributed by atoms with Crippen LogP contribution in [0.3, 0.4) is 0 Å². The number of carbonyl (C=O) groups is 1. The molecule has 0 aliphatic carbocycles. The Morgan fingerprint density at radius 1 is 0.800 bits per heavy atom. The molecule has 0 aliphatic rings. The summed E-state index contributed by atoms with van der Waals surface area (Å²) < 4.78 is 9.52. The predicted octanol–water partition coefficient (Wildman–Crippen LogP) is 5.12. The first-order valence-electron chi connectivity index (χ1n) is 7.87. The van der Waals surface area contributed by atoms with E-state index in [0.29, 0.717) is 5.75 Å². The lowest BCUT2D eigenvalue weighted by molar-refractivity contribution is -0.114. The summed E-state index contributed by atoms with van der Waals surface area (Å²) in [6, 6.07) is 29.0. The lowest BCUT2D eigenvalue weighted by Crippen LogP contribution is -2.30. The van der Waals surface area contributed by atoms with Crippen molar-refractivity contribution in [2.45, 2.75) is 9.79 Å². The summed E-state index contributed by atoms with van der Waals surface area (Å²) in [5.41, 5.74) is 0. The van der Waals surface area contributed by atoms with Gasteiger partial charge < -0.3 is 4.18 Å². The van der Waals surface area contributed by atoms with Gasteiger partial charge in [0.05, 0.1) is 0 Å². The van der Waals surface area contributed by atoms with Crippen LogP contribution in [0.25, 0.3) is 0 Å². The predicted molar refractivity (Wildman–Crippen MR) is 102 cm³/mol. The van der Waals surface area contributed by atoms with E-state index in [1.807, 2.05) is 91.0 Å². The van der Waals surface area contributed by atoms with Crippen LogP contribution in [0.4, 0.5) is 0 Å². The van der Waals surface area contributed by atoms with E-state index in [4.69, 9.17) is 4.18 Å². The fourth-order valence-electron chi connectivity index (χ4n) is 2.40. The van der Waals surface area contributed by atoms with Gasteiger partial charge >= 0.3 is 0 Å². The Morgan fingerprint density at radius 3 is 1.68 bits per heavy atom. The number of carbonyl (C=O) groups excluding carboxylic acids is 1. The molecule has 0 fully saturated rings. The Labute approximate surface area is 149 Å². The monoisotopic (exact) mass is 349 g/mol. The number of hydrogen-bond acceptors (Lipinski definition) is 2. The Balaban J connectivity index is 2.19. The molecule has 1 amide bonds. The average molecular weight is 349 g/mol. The van der Waals surface area contributed by atoms with Crippen molar-refractivity contribution in [1.29, 1.82) is 0 Å². The van der Waals surface area contributed by atoms with E-state index in [-0.39, 0.29) is 5.91 Å². The van der Waals surface area contributed by atoms with E-state index in [2.05, 4.69) is 11.3 Å². The molecular formula is C21H19NO2S. The molecule has 0 saturated heterocycles. The molecule has 25 heavy (non-hydrogen) atoms. The van der Waals surface area contributed by atoms with Gasteiger partial charge in [0.15, 0.2) is 0 Å². The lowest BCUT2D eigenvalue weighted by atomic mass is 10.3. The molecule has 3 nitrogen and oxygen atoms in total. The molecule has 0 aliphatic heterocycles. The van der Waals surface area contributed by atoms with Gasteiger partial charge in [-0.2, -0.15) is 0 Å². The molecule has 4 heteroatoms. The van der Waals surface area contributed by atoms with Gasteiger partial charge in [0.25, 0.3) is 5.91 Å². The Bertz CT molecular complexity index is 796. The highest BCUT2D eigenvalue weighted by Crippen LogP contribution is 2.59. The van der Waals surface area contributed by atoms with Crippen LogP contribution < -0.4 is 8.91 Å². The standard InChI is InChI=1S/C21H19NO2S/c1-2-21(23)22-25(19-14-8-4-9-15-19,20-16-10-5-11-17-20)24-18-12-6-3-7-13-18/h2-17H,1H2,(H,22,23). The van der Waals surface area contributed by atoms with Crippen LogP contribution in [0.1, 0.15) is 0 Å². The minimum atomic E-state index is -2.29. The van der Waals surface area contributed by atoms with Crippen LogP contribution in [0.15, 0.2) is 113 Å². The second kappa shape index (κ2) is 7.73. The summed E-state index contributed by atoms with van der Waals surface area (Å²) in [5.74, 6) is 0.410. The van der Waals surface area contributed by atoms with E-state index >= 15 is 0 Å². The number of hydrogen-bond donors (Lipinski definition) is 1. The highest BCUT2D eigenvalue weighted by Gasteiger charge is 2.32. The van der Waals surface area contributed by atoms with Gasteiger partial charge in [-0.1, -0.05) is 61.2 Å². The smallest absolute Gasteiger partial charge is 0.254 e. The molecule has 0 radical (unpaired) electrons. The van der Waals surface area contributed by atoms with Crippen LogP contribution in [-0.2, 0) is 4.79 Å². The Morgan fingerprint density at radius 2 is 1.24 bits per heavy atom. The topological polar surface area (TPSA) is 38.3 Å². The quantitative estimate of drug-likeness (QED) is 0.627. The third kappa shape index (κ3) is 3.75. The highest BCUT2D eigenvalue weighted by atomic mass is 32.3. The molecule has 126 valence electrons. The number of amides is 1. The molecule has 3 aromatic rings. The maximum absolute atomic E-state index is 12.3. The number of rotatable bonds is 6. The van der Waals surface area contributed by atoms with E-state index < -0.39 is 10.5 Å². The van der Waals surface area contributed by atoms with Gasteiger partial charge in [0.1, 0.15) is 5.75 Å². The summed E-state index contributed by atoms with van der Waals surface area (Å²) in [6.45, 7) is 3.58. The SMILES string of the molecule is C=CC(=O)NS(Oc1ccccc1)(c1ccccc1)c1ccccc1. The number of benzene rings is 3. The zero-order valence-electron chi connectivity index (χ0n) is 13.7. The zero-order chi connectivity index (χ0) is 17.5. The number of nitrogens with one attached hydrogen (secondary N) is 1. The van der Waals surface area contributed by atoms with Crippen molar-refractivity contribution in [2.24, 2.45) is 0 Å². The van der Waals surface area contributed by atoms with Gasteiger partial charge in [-0.25, -0.2) is 0 Å². The van der Waals surface area contributed by atoms with Crippen molar-refractivity contribution in [3.05, 3.63) is 104 Å². The minimum Gasteiger partial charge on any atom is -0.422 e. The molecule has 0 bridgehead atoms. The molecule has 3 aromatic carbocycles. The van der Waals surface area contributed by atoms with Crippen LogP contribution in [0.2, 0.25) is 0 Å². The van der Waals surface area contributed by atoms with E-state index in [0.717, 1.165) is 9.79 Å². The molecule has 0 heterocycles. The largest absolute Gasteiger partial charge is 0.422 e. The van der Waals surface area contributed by atoms with Gasteiger partial charge in [-0.05, 0) is 42.5 Å². The van der Waals surface area contributed by atoms with E-state index in [1.54, 1.807) is 0 Å². The van der Waals surface area contributed by atoms with Crippen LogP contribution >= 0.6 is 10.5 Å². The fraction of sp³-hybridized carbons (Fsp3) is 0. The van der Waals surface area contributed by atoms with E-state index in [1.165, 1.54) is 6.08 Å². The Hall–Kier alpha value is -2.98. The maximum atomic E-state index is 12.3. The maximum Gasteiger partial charge on any atom is 0.254 e. The summed E-state index contributed by atoms with van der Waals surface area (Å²) in [4.78, 5) is 14.1. The highest BCUT2D eigenvalue weighted by molar-refractivity contribution is 8.29. The molecule has 1 N–H and O–H groups in total. The Kier molecular flexibility index (Phi) is 5.21. The van der Waals surface area contributed by atoms with Crippen molar-refractivity contribution >= 4 is 16.4 Å². The van der Waals surface area contributed by atoms with Crippen molar-refractivity contribution in [3.8, 4) is 5.75 Å². The molecule has 3 rings (SSSR count). The molecular weight excluding hydrogens is 330 g/mol. The van der Waals surface area contributed by atoms with Gasteiger partial charge in [-0.15, -0.1) is 0 Å². The molecule has 0 atom stereocenters. The third-order valence-electron chi connectivity index (χ3n) is 3.54. The third-order valence-corrected chi connectivity index (χ3v) is 6.35. The molecule has 0 unspecified atom stereocenters. The average Bonchev–Trinajstić information content (AvgIpc) is 2.69. The summed E-state index contributed by atoms with van der Waals surface area (Å²) >= 11 is 0. The first-order valence-corrected chi connectivity index (χ1v) is 9.42. The normalized spacial score (nSPS) is 11.4. The second-order valence-electron chi connectivity index (χ2n) is 5.25.